The highest BCUT2D eigenvalue weighted by Crippen LogP contribution is 2.21. The molecular formula is C13H27N. The molecule has 0 bridgehead atoms. The maximum atomic E-state index is 3.75. The summed E-state index contributed by atoms with van der Waals surface area (Å²) in [5, 5.41) is 3.75. The Hall–Kier alpha value is -0.0400. The third-order valence-corrected chi connectivity index (χ3v) is 3.68. The lowest BCUT2D eigenvalue weighted by molar-refractivity contribution is 0.299. The van der Waals surface area contributed by atoms with E-state index in [-0.39, 0.29) is 0 Å². The van der Waals surface area contributed by atoms with E-state index >= 15 is 0 Å². The van der Waals surface area contributed by atoms with Crippen molar-refractivity contribution in [2.45, 2.75) is 71.8 Å². The summed E-state index contributed by atoms with van der Waals surface area (Å²) in [6.07, 6.45) is 9.85. The summed E-state index contributed by atoms with van der Waals surface area (Å²) in [6, 6.07) is 0.809. The quantitative estimate of drug-likeness (QED) is 0.677. The molecule has 0 heterocycles. The van der Waals surface area contributed by atoms with Gasteiger partial charge in [-0.2, -0.15) is 0 Å². The number of rotatable bonds is 4. The van der Waals surface area contributed by atoms with Crippen LogP contribution in [0.1, 0.15) is 65.7 Å². The molecule has 1 nitrogen and oxygen atoms in total. The molecule has 0 saturated heterocycles. The molecule has 0 spiro atoms. The fourth-order valence-corrected chi connectivity index (χ4v) is 2.03. The van der Waals surface area contributed by atoms with E-state index in [9.17, 15) is 0 Å². The molecule has 1 rings (SSSR count). The Labute approximate surface area is 89.7 Å². The van der Waals surface area contributed by atoms with E-state index in [1.807, 2.05) is 0 Å². The van der Waals surface area contributed by atoms with E-state index in [1.54, 1.807) is 0 Å². The van der Waals surface area contributed by atoms with Crippen LogP contribution in [0.5, 0.6) is 0 Å². The Morgan fingerprint density at radius 2 is 1.64 bits per heavy atom. The summed E-state index contributed by atoms with van der Waals surface area (Å²) in [6.45, 7) is 8.19. The Morgan fingerprint density at radius 3 is 2.14 bits per heavy atom. The number of hydrogen-bond acceptors (Lipinski definition) is 1. The van der Waals surface area contributed by atoms with Crippen molar-refractivity contribution in [3.8, 4) is 0 Å². The second-order valence-electron chi connectivity index (χ2n) is 5.59. The molecule has 1 N–H and O–H groups in total. The van der Waals surface area contributed by atoms with Crippen molar-refractivity contribution in [2.75, 3.05) is 6.54 Å². The average molecular weight is 197 g/mol. The third kappa shape index (κ3) is 4.45. The lowest BCUT2D eigenvalue weighted by Gasteiger charge is -2.26. The van der Waals surface area contributed by atoms with Gasteiger partial charge in [0.1, 0.15) is 0 Å². The van der Waals surface area contributed by atoms with Crippen LogP contribution in [0.15, 0.2) is 0 Å². The van der Waals surface area contributed by atoms with Gasteiger partial charge in [0.15, 0.2) is 0 Å². The topological polar surface area (TPSA) is 12.0 Å². The highest BCUT2D eigenvalue weighted by molar-refractivity contribution is 4.76. The standard InChI is InChI=1S/C13H27N/c1-4-13(2,3)11-14-12-9-7-5-6-8-10-12/h12,14H,4-11H2,1-3H3. The zero-order valence-corrected chi connectivity index (χ0v) is 10.2. The lowest BCUT2D eigenvalue weighted by Crippen LogP contribution is -2.36. The summed E-state index contributed by atoms with van der Waals surface area (Å²) in [4.78, 5) is 0. The SMILES string of the molecule is CCC(C)(C)CNC1CCCCCC1. The Bertz CT molecular complexity index is 143. The zero-order chi connectivity index (χ0) is 10.4. The maximum Gasteiger partial charge on any atom is 0.00672 e. The minimum absolute atomic E-state index is 0.478. The monoisotopic (exact) mass is 197 g/mol. The lowest BCUT2D eigenvalue weighted by atomic mass is 9.90. The van der Waals surface area contributed by atoms with Gasteiger partial charge in [-0.3, -0.25) is 0 Å². The van der Waals surface area contributed by atoms with Gasteiger partial charge in [-0.05, 0) is 24.7 Å². The van der Waals surface area contributed by atoms with Gasteiger partial charge in [0.05, 0.1) is 0 Å². The molecule has 84 valence electrons. The molecule has 1 fully saturated rings. The largest absolute Gasteiger partial charge is 0.313 e. The molecule has 1 aliphatic rings. The fraction of sp³-hybridized carbons (Fsp3) is 1.00. The first-order valence-electron chi connectivity index (χ1n) is 6.37. The Balaban J connectivity index is 2.22. The summed E-state index contributed by atoms with van der Waals surface area (Å²) in [5.41, 5.74) is 0.478. The molecular weight excluding hydrogens is 170 g/mol. The van der Waals surface area contributed by atoms with E-state index in [2.05, 4.69) is 26.1 Å². The summed E-state index contributed by atoms with van der Waals surface area (Å²) >= 11 is 0. The van der Waals surface area contributed by atoms with Gasteiger partial charge in [-0.1, -0.05) is 46.5 Å². The Morgan fingerprint density at radius 1 is 1.07 bits per heavy atom. The smallest absolute Gasteiger partial charge is 0.00672 e. The van der Waals surface area contributed by atoms with Gasteiger partial charge >= 0.3 is 0 Å². The maximum absolute atomic E-state index is 3.75. The molecule has 0 aromatic carbocycles. The second-order valence-corrected chi connectivity index (χ2v) is 5.59. The number of nitrogens with one attached hydrogen (secondary N) is 1. The van der Waals surface area contributed by atoms with E-state index in [0.29, 0.717) is 5.41 Å². The highest BCUT2D eigenvalue weighted by Gasteiger charge is 2.18. The molecule has 0 radical (unpaired) electrons. The van der Waals surface area contributed by atoms with Crippen molar-refractivity contribution in [1.82, 2.24) is 5.32 Å². The van der Waals surface area contributed by atoms with Crippen molar-refractivity contribution in [3.05, 3.63) is 0 Å². The van der Waals surface area contributed by atoms with Crippen LogP contribution in [0.4, 0.5) is 0 Å². The van der Waals surface area contributed by atoms with Crippen LogP contribution in [-0.4, -0.2) is 12.6 Å². The van der Waals surface area contributed by atoms with Crippen molar-refractivity contribution in [3.63, 3.8) is 0 Å². The minimum Gasteiger partial charge on any atom is -0.313 e. The predicted molar refractivity (Wildman–Crippen MR) is 63.6 cm³/mol. The number of hydrogen-bond donors (Lipinski definition) is 1. The first kappa shape index (κ1) is 12.0. The summed E-state index contributed by atoms with van der Waals surface area (Å²) in [7, 11) is 0. The molecule has 1 heteroatoms. The van der Waals surface area contributed by atoms with Crippen LogP contribution in [-0.2, 0) is 0 Å². The molecule has 0 unspecified atom stereocenters. The van der Waals surface area contributed by atoms with Crippen LogP contribution in [0.25, 0.3) is 0 Å². The van der Waals surface area contributed by atoms with Crippen LogP contribution in [0, 0.1) is 5.41 Å². The van der Waals surface area contributed by atoms with Gasteiger partial charge in [0, 0.05) is 12.6 Å². The summed E-state index contributed by atoms with van der Waals surface area (Å²) in [5.74, 6) is 0. The van der Waals surface area contributed by atoms with E-state index < -0.39 is 0 Å². The highest BCUT2D eigenvalue weighted by atomic mass is 14.9. The van der Waals surface area contributed by atoms with Gasteiger partial charge in [-0.25, -0.2) is 0 Å². The minimum atomic E-state index is 0.478. The van der Waals surface area contributed by atoms with Crippen LogP contribution in [0.2, 0.25) is 0 Å². The van der Waals surface area contributed by atoms with Crippen molar-refractivity contribution in [2.24, 2.45) is 5.41 Å². The van der Waals surface area contributed by atoms with Crippen LogP contribution < -0.4 is 5.32 Å². The summed E-state index contributed by atoms with van der Waals surface area (Å²) < 4.78 is 0. The molecule has 14 heavy (non-hydrogen) atoms. The van der Waals surface area contributed by atoms with Gasteiger partial charge < -0.3 is 5.32 Å². The fourth-order valence-electron chi connectivity index (χ4n) is 2.03. The van der Waals surface area contributed by atoms with Crippen molar-refractivity contribution >= 4 is 0 Å². The Kier molecular flexibility index (Phi) is 4.94. The average Bonchev–Trinajstić information content (AvgIpc) is 2.43. The first-order valence-corrected chi connectivity index (χ1v) is 6.37. The second kappa shape index (κ2) is 5.75. The van der Waals surface area contributed by atoms with E-state index in [0.717, 1.165) is 6.04 Å². The van der Waals surface area contributed by atoms with Crippen molar-refractivity contribution in [1.29, 1.82) is 0 Å². The molecule has 0 aromatic rings. The molecule has 0 aromatic heterocycles. The van der Waals surface area contributed by atoms with Crippen LogP contribution >= 0.6 is 0 Å². The first-order chi connectivity index (χ1) is 6.64. The van der Waals surface area contributed by atoms with E-state index in [4.69, 9.17) is 0 Å². The molecule has 0 aliphatic heterocycles. The van der Waals surface area contributed by atoms with Crippen LogP contribution in [0.3, 0.4) is 0 Å². The molecule has 0 amide bonds. The van der Waals surface area contributed by atoms with Gasteiger partial charge in [-0.15, -0.1) is 0 Å². The van der Waals surface area contributed by atoms with Gasteiger partial charge in [0.25, 0.3) is 0 Å². The normalized spacial score (nSPS) is 20.8. The third-order valence-electron chi connectivity index (χ3n) is 3.68. The van der Waals surface area contributed by atoms with Gasteiger partial charge in [0.2, 0.25) is 0 Å². The predicted octanol–water partition coefficient (Wildman–Crippen LogP) is 3.74. The zero-order valence-electron chi connectivity index (χ0n) is 10.2. The molecule has 1 saturated carbocycles. The molecule has 1 aliphatic carbocycles. The van der Waals surface area contributed by atoms with Crippen molar-refractivity contribution < 1.29 is 0 Å². The van der Waals surface area contributed by atoms with E-state index in [1.165, 1.54) is 51.5 Å². The molecule has 0 atom stereocenters.